The van der Waals surface area contributed by atoms with Crippen LogP contribution in [0.2, 0.25) is 0 Å². The average Bonchev–Trinajstić information content (AvgIpc) is 3.98. The molecular formula is C78H48. The average molecular weight is 985 g/mol. The van der Waals surface area contributed by atoms with E-state index in [1.54, 1.807) is 0 Å². The number of fused-ring (bicyclic) bond motifs is 10. The minimum atomic E-state index is 1.22. The van der Waals surface area contributed by atoms with Crippen LogP contribution in [0.1, 0.15) is 11.1 Å². The predicted molar refractivity (Wildman–Crippen MR) is 335 cm³/mol. The third-order valence-corrected chi connectivity index (χ3v) is 17.9. The highest BCUT2D eigenvalue weighted by molar-refractivity contribution is 6.41. The maximum absolute atomic E-state index is 2.44. The van der Waals surface area contributed by atoms with Crippen molar-refractivity contribution in [2.45, 2.75) is 13.8 Å². The first-order valence-corrected chi connectivity index (χ1v) is 27.4. The van der Waals surface area contributed by atoms with E-state index in [9.17, 15) is 0 Å². The maximum atomic E-state index is 2.44. The lowest BCUT2D eigenvalue weighted by Gasteiger charge is -2.15. The Bertz CT molecular complexity index is 5030. The third-order valence-electron chi connectivity index (χ3n) is 17.9. The van der Waals surface area contributed by atoms with Gasteiger partial charge in [0.15, 0.2) is 0 Å². The second kappa shape index (κ2) is 16.3. The molecule has 78 heavy (non-hydrogen) atoms. The van der Waals surface area contributed by atoms with E-state index in [1.807, 2.05) is 0 Å². The van der Waals surface area contributed by atoms with Crippen LogP contribution in [0.4, 0.5) is 0 Å². The molecule has 0 unspecified atom stereocenters. The van der Waals surface area contributed by atoms with Gasteiger partial charge >= 0.3 is 0 Å². The van der Waals surface area contributed by atoms with Gasteiger partial charge in [0.2, 0.25) is 0 Å². The summed E-state index contributed by atoms with van der Waals surface area (Å²) in [5.74, 6) is 0. The molecule has 0 heterocycles. The Morgan fingerprint density at radius 1 is 0.179 bits per heavy atom. The molecule has 0 fully saturated rings. The van der Waals surface area contributed by atoms with Crippen molar-refractivity contribution in [3.05, 3.63) is 266 Å². The topological polar surface area (TPSA) is 0 Å². The van der Waals surface area contributed by atoms with Gasteiger partial charge in [0.1, 0.15) is 0 Å². The highest BCUT2D eigenvalue weighted by Gasteiger charge is 2.30. The van der Waals surface area contributed by atoms with Gasteiger partial charge in [0, 0.05) is 0 Å². The van der Waals surface area contributed by atoms with Crippen LogP contribution in [0.15, 0.2) is 255 Å². The summed E-state index contributed by atoms with van der Waals surface area (Å²) < 4.78 is 0. The zero-order chi connectivity index (χ0) is 51.3. The van der Waals surface area contributed by atoms with Crippen LogP contribution >= 0.6 is 0 Å². The fourth-order valence-electron chi connectivity index (χ4n) is 14.6. The van der Waals surface area contributed by atoms with Gasteiger partial charge in [0.25, 0.3) is 0 Å². The summed E-state index contributed by atoms with van der Waals surface area (Å²) in [5.41, 5.74) is 23.0. The Labute approximate surface area is 452 Å². The smallest absolute Gasteiger partial charge is 0.00139 e. The monoisotopic (exact) mass is 984 g/mol. The minimum absolute atomic E-state index is 1.22. The van der Waals surface area contributed by atoms with Gasteiger partial charge in [-0.1, -0.05) is 237 Å². The predicted octanol–water partition coefficient (Wildman–Crippen LogP) is 22.1. The molecule has 0 nitrogen and oxygen atoms in total. The van der Waals surface area contributed by atoms with E-state index >= 15 is 0 Å². The molecule has 0 bridgehead atoms. The molecule has 17 rings (SSSR count). The molecular weight excluding hydrogens is 937 g/mol. The van der Waals surface area contributed by atoms with E-state index in [2.05, 4.69) is 269 Å². The van der Waals surface area contributed by atoms with Gasteiger partial charge in [-0.3, -0.25) is 0 Å². The second-order valence-corrected chi connectivity index (χ2v) is 21.8. The zero-order valence-corrected chi connectivity index (χ0v) is 43.2. The molecule has 0 aromatic heterocycles. The molecule has 360 valence electrons. The van der Waals surface area contributed by atoms with Gasteiger partial charge in [-0.15, -0.1) is 0 Å². The number of hydrogen-bond acceptors (Lipinski definition) is 0. The first kappa shape index (κ1) is 43.4. The van der Waals surface area contributed by atoms with E-state index in [0.717, 1.165) is 0 Å². The molecule has 0 saturated carbocycles. The van der Waals surface area contributed by atoms with Crippen LogP contribution in [0.3, 0.4) is 0 Å². The molecule has 0 heteroatoms. The lowest BCUT2D eigenvalue weighted by atomic mass is 9.88. The van der Waals surface area contributed by atoms with Crippen molar-refractivity contribution < 1.29 is 0 Å². The van der Waals surface area contributed by atoms with Crippen LogP contribution in [-0.2, 0) is 0 Å². The van der Waals surface area contributed by atoms with E-state index in [-0.39, 0.29) is 0 Å². The molecule has 0 radical (unpaired) electrons. The fourth-order valence-corrected chi connectivity index (χ4v) is 14.6. The molecule has 0 N–H and O–H groups in total. The Morgan fingerprint density at radius 2 is 0.538 bits per heavy atom. The van der Waals surface area contributed by atoms with Gasteiger partial charge in [0.05, 0.1) is 0 Å². The van der Waals surface area contributed by atoms with E-state index in [4.69, 9.17) is 0 Å². The Hall–Kier alpha value is -9.88. The van der Waals surface area contributed by atoms with Gasteiger partial charge in [-0.25, -0.2) is 0 Å². The van der Waals surface area contributed by atoms with Crippen molar-refractivity contribution in [3.8, 4) is 89.0 Å². The SMILES string of the molecule is Cc1c2c3cccc4c(-c5cc(-c6ccccc6)cc6cc(-c7ccccc7)ccc56)ccc(c2c(C)c2c5ccc(-c6ccc7c8c(cccc68)-c6c(-c8ccccc8)ccc(-c8ccccc8)c6-7)c6cccc(c12)c65)c43. The first-order valence-electron chi connectivity index (χ1n) is 27.4. The quantitative estimate of drug-likeness (QED) is 0.156. The van der Waals surface area contributed by atoms with Crippen LogP contribution in [0.5, 0.6) is 0 Å². The van der Waals surface area contributed by atoms with Crippen molar-refractivity contribution in [1.82, 2.24) is 0 Å². The number of aryl methyl sites for hydroxylation is 2. The van der Waals surface area contributed by atoms with E-state index in [1.165, 1.54) is 186 Å². The normalized spacial score (nSPS) is 12.2. The van der Waals surface area contributed by atoms with Crippen LogP contribution in [-0.4, -0.2) is 0 Å². The summed E-state index contributed by atoms with van der Waals surface area (Å²) in [6.45, 7) is 4.79. The fraction of sp³-hybridized carbons (Fsp3) is 0.0256. The Balaban J connectivity index is 0.865. The molecule has 0 saturated heterocycles. The lowest BCUT2D eigenvalue weighted by molar-refractivity contribution is 1.58. The van der Waals surface area contributed by atoms with Crippen molar-refractivity contribution >= 4 is 86.2 Å². The first-order chi connectivity index (χ1) is 38.6. The highest BCUT2D eigenvalue weighted by Crippen LogP contribution is 2.57. The van der Waals surface area contributed by atoms with Crippen molar-refractivity contribution in [2.24, 2.45) is 0 Å². The summed E-state index contributed by atoms with van der Waals surface area (Å²) in [4.78, 5) is 0. The molecule has 0 spiro atoms. The van der Waals surface area contributed by atoms with Crippen LogP contribution in [0.25, 0.3) is 175 Å². The lowest BCUT2D eigenvalue weighted by Crippen LogP contribution is -1.89. The van der Waals surface area contributed by atoms with E-state index in [0.29, 0.717) is 0 Å². The van der Waals surface area contributed by atoms with Crippen molar-refractivity contribution in [3.63, 3.8) is 0 Å². The summed E-state index contributed by atoms with van der Waals surface area (Å²) in [6.07, 6.45) is 0. The van der Waals surface area contributed by atoms with Crippen LogP contribution in [0, 0.1) is 13.8 Å². The largest absolute Gasteiger partial charge is 0.0622 e. The Kier molecular flexibility index (Phi) is 9.07. The summed E-state index contributed by atoms with van der Waals surface area (Å²) in [7, 11) is 0. The molecule has 1 aliphatic carbocycles. The molecule has 0 atom stereocenters. The second-order valence-electron chi connectivity index (χ2n) is 21.8. The molecule has 16 aromatic carbocycles. The van der Waals surface area contributed by atoms with Gasteiger partial charge in [-0.2, -0.15) is 0 Å². The van der Waals surface area contributed by atoms with Gasteiger partial charge < -0.3 is 0 Å². The molecule has 0 amide bonds. The zero-order valence-electron chi connectivity index (χ0n) is 43.2. The van der Waals surface area contributed by atoms with Crippen molar-refractivity contribution in [1.29, 1.82) is 0 Å². The number of hydrogen-bond donors (Lipinski definition) is 0. The van der Waals surface area contributed by atoms with E-state index < -0.39 is 0 Å². The van der Waals surface area contributed by atoms with Crippen LogP contribution < -0.4 is 0 Å². The molecule has 1 aliphatic rings. The maximum Gasteiger partial charge on any atom is -0.00139 e. The standard InChI is InChI=1S/C78H48/c1-45-70-63-29-15-26-60-57(58-37-41-68-76-61(58)27-17-31-65(76)77-55(49-22-11-5-12-23-49)34-35-56(78(68)77)50-24-13-6-14-25-50)36-39-66(74(60)63)72(70)46(2)73-67-40-38-59(62-28-16-30-64(71(45)73)75(62)67)69-44-52(48-20-9-4-10-21-48)43-53-42-51(32-33-54(53)69)47-18-7-3-8-19-47/h3-44H,1-2H3. The summed E-state index contributed by atoms with van der Waals surface area (Å²) in [6, 6.07) is 95.6. The summed E-state index contributed by atoms with van der Waals surface area (Å²) in [5, 5.41) is 21.3. The minimum Gasteiger partial charge on any atom is -0.0622 e. The number of rotatable bonds is 6. The molecule has 0 aliphatic heterocycles. The summed E-state index contributed by atoms with van der Waals surface area (Å²) >= 11 is 0. The van der Waals surface area contributed by atoms with Crippen molar-refractivity contribution in [2.75, 3.05) is 0 Å². The molecule has 16 aromatic rings. The highest BCUT2D eigenvalue weighted by atomic mass is 14.3. The number of benzene rings is 14. The third kappa shape index (κ3) is 5.95. The Morgan fingerprint density at radius 3 is 1.06 bits per heavy atom. The van der Waals surface area contributed by atoms with Gasteiger partial charge in [-0.05, 0) is 218 Å².